The van der Waals surface area contributed by atoms with Gasteiger partial charge in [-0.25, -0.2) is 4.39 Å². The molecule has 0 aromatic heterocycles. The Balaban J connectivity index is 2.14. The molecule has 1 aromatic rings. The van der Waals surface area contributed by atoms with Gasteiger partial charge in [0.15, 0.2) is 0 Å². The summed E-state index contributed by atoms with van der Waals surface area (Å²) in [6.07, 6.45) is 4.17. The Bertz CT molecular complexity index is 481. The van der Waals surface area contributed by atoms with Gasteiger partial charge in [-0.1, -0.05) is 0 Å². The lowest BCUT2D eigenvalue weighted by Crippen LogP contribution is -2.44. The van der Waals surface area contributed by atoms with Gasteiger partial charge in [0, 0.05) is 18.2 Å². The van der Waals surface area contributed by atoms with Crippen molar-refractivity contribution in [2.24, 2.45) is 0 Å². The summed E-state index contributed by atoms with van der Waals surface area (Å²) in [6, 6.07) is 4.85. The lowest BCUT2D eigenvalue weighted by atomic mass is 9.98. The van der Waals surface area contributed by atoms with Crippen molar-refractivity contribution in [3.63, 3.8) is 0 Å². The van der Waals surface area contributed by atoms with Crippen molar-refractivity contribution in [3.8, 4) is 0 Å². The van der Waals surface area contributed by atoms with Crippen molar-refractivity contribution in [3.05, 3.63) is 34.1 Å². The Kier molecular flexibility index (Phi) is 5.54. The first kappa shape index (κ1) is 15.4. The van der Waals surface area contributed by atoms with E-state index in [-0.39, 0.29) is 17.8 Å². The van der Waals surface area contributed by atoms with Gasteiger partial charge in [0.1, 0.15) is 5.82 Å². The van der Waals surface area contributed by atoms with Crippen molar-refractivity contribution >= 4 is 21.8 Å². The van der Waals surface area contributed by atoms with Crippen molar-refractivity contribution in [2.45, 2.75) is 31.7 Å². The maximum absolute atomic E-state index is 13.6. The van der Waals surface area contributed by atoms with Crippen molar-refractivity contribution < 1.29 is 9.18 Å². The summed E-state index contributed by atoms with van der Waals surface area (Å²) >= 11 is 3.11. The summed E-state index contributed by atoms with van der Waals surface area (Å²) in [7, 11) is 1.92. The predicted molar refractivity (Wildman–Crippen MR) is 81.3 cm³/mol. The quantitative estimate of drug-likeness (QED) is 0.911. The fraction of sp³-hybridized carbons (Fsp3) is 0.533. The number of hydrogen-bond acceptors (Lipinski definition) is 2. The van der Waals surface area contributed by atoms with E-state index in [0.29, 0.717) is 10.0 Å². The second kappa shape index (κ2) is 7.18. The molecule has 0 bridgehead atoms. The van der Waals surface area contributed by atoms with E-state index in [0.717, 1.165) is 38.8 Å². The average Bonchev–Trinajstić information content (AvgIpc) is 2.47. The number of carbonyl (C=O) groups is 1. The van der Waals surface area contributed by atoms with Crippen LogP contribution < -0.4 is 5.32 Å². The van der Waals surface area contributed by atoms with Crippen LogP contribution in [0.25, 0.3) is 0 Å². The van der Waals surface area contributed by atoms with Gasteiger partial charge < -0.3 is 10.2 Å². The first-order valence-electron chi connectivity index (χ1n) is 7.04. The lowest BCUT2D eigenvalue weighted by Gasteiger charge is -2.36. The summed E-state index contributed by atoms with van der Waals surface area (Å²) in [5.41, 5.74) is 0.432. The molecule has 1 fully saturated rings. The molecule has 0 spiro atoms. The van der Waals surface area contributed by atoms with Crippen LogP contribution in [-0.4, -0.2) is 37.0 Å². The average molecular weight is 343 g/mol. The number of nitrogens with one attached hydrogen (secondary N) is 1. The summed E-state index contributed by atoms with van der Waals surface area (Å²) in [5.74, 6) is -0.447. The van der Waals surface area contributed by atoms with Gasteiger partial charge in [0.05, 0.1) is 4.47 Å². The highest BCUT2D eigenvalue weighted by Crippen LogP contribution is 2.23. The number of rotatable bonds is 4. The number of amides is 1. The van der Waals surface area contributed by atoms with Gasteiger partial charge in [-0.3, -0.25) is 4.79 Å². The van der Waals surface area contributed by atoms with Crippen molar-refractivity contribution in [1.82, 2.24) is 10.2 Å². The Morgan fingerprint density at radius 3 is 3.00 bits per heavy atom. The molecule has 1 unspecified atom stereocenters. The minimum atomic E-state index is -0.389. The Morgan fingerprint density at radius 1 is 1.50 bits per heavy atom. The van der Waals surface area contributed by atoms with E-state index in [1.165, 1.54) is 6.07 Å². The monoisotopic (exact) mass is 342 g/mol. The third-order valence-electron chi connectivity index (χ3n) is 3.78. The molecule has 20 heavy (non-hydrogen) atoms. The Morgan fingerprint density at radius 2 is 2.30 bits per heavy atom. The summed E-state index contributed by atoms with van der Waals surface area (Å²) in [5, 5.41) is 3.13. The summed E-state index contributed by atoms with van der Waals surface area (Å²) in [6.45, 7) is 1.66. The molecule has 1 atom stereocenters. The molecule has 1 aliphatic rings. The number of halogens is 2. The molecular formula is C15H20BrFN2O. The maximum atomic E-state index is 13.6. The van der Waals surface area contributed by atoms with E-state index in [4.69, 9.17) is 0 Å². The van der Waals surface area contributed by atoms with Crippen LogP contribution in [0.4, 0.5) is 4.39 Å². The minimum Gasteiger partial charge on any atom is -0.336 e. The third-order valence-corrected chi connectivity index (χ3v) is 4.43. The van der Waals surface area contributed by atoms with Crippen LogP contribution >= 0.6 is 15.9 Å². The maximum Gasteiger partial charge on any atom is 0.254 e. The number of likely N-dealkylation sites (tertiary alicyclic amines) is 1. The van der Waals surface area contributed by atoms with Crippen LogP contribution in [-0.2, 0) is 0 Å². The normalized spacial score (nSPS) is 19.1. The molecule has 0 aliphatic carbocycles. The molecule has 0 saturated carbocycles. The van der Waals surface area contributed by atoms with Crippen LogP contribution in [0.3, 0.4) is 0 Å². The molecule has 1 amide bonds. The molecule has 1 saturated heterocycles. The van der Waals surface area contributed by atoms with Gasteiger partial charge in [0.2, 0.25) is 0 Å². The van der Waals surface area contributed by atoms with E-state index in [1.807, 2.05) is 11.9 Å². The number of carbonyl (C=O) groups excluding carboxylic acids is 1. The van der Waals surface area contributed by atoms with Gasteiger partial charge >= 0.3 is 0 Å². The highest BCUT2D eigenvalue weighted by atomic mass is 79.9. The second-order valence-corrected chi connectivity index (χ2v) is 6.02. The van der Waals surface area contributed by atoms with Gasteiger partial charge in [-0.15, -0.1) is 0 Å². The zero-order valence-corrected chi connectivity index (χ0v) is 13.2. The van der Waals surface area contributed by atoms with Crippen LogP contribution in [0.15, 0.2) is 22.7 Å². The van der Waals surface area contributed by atoms with Crippen LogP contribution in [0.1, 0.15) is 36.0 Å². The number of piperidine rings is 1. The van der Waals surface area contributed by atoms with E-state index in [9.17, 15) is 9.18 Å². The largest absolute Gasteiger partial charge is 0.336 e. The SMILES string of the molecule is CNCCC1CCCCN1C(=O)c1ccc(Br)c(F)c1. The number of nitrogens with zero attached hydrogens (tertiary/aromatic N) is 1. The van der Waals surface area contributed by atoms with Crippen LogP contribution in [0.5, 0.6) is 0 Å². The molecule has 1 aromatic carbocycles. The van der Waals surface area contributed by atoms with Crippen LogP contribution in [0, 0.1) is 5.82 Å². The molecule has 0 radical (unpaired) electrons. The predicted octanol–water partition coefficient (Wildman–Crippen LogP) is 3.19. The van der Waals surface area contributed by atoms with Gasteiger partial charge in [0.25, 0.3) is 5.91 Å². The van der Waals surface area contributed by atoms with Crippen molar-refractivity contribution in [2.75, 3.05) is 20.1 Å². The molecule has 5 heteroatoms. The third kappa shape index (κ3) is 3.58. The fourth-order valence-electron chi connectivity index (χ4n) is 2.67. The molecule has 1 N–H and O–H groups in total. The molecular weight excluding hydrogens is 323 g/mol. The number of hydrogen-bond donors (Lipinski definition) is 1. The zero-order valence-electron chi connectivity index (χ0n) is 11.7. The first-order valence-corrected chi connectivity index (χ1v) is 7.83. The van der Waals surface area contributed by atoms with Gasteiger partial charge in [-0.2, -0.15) is 0 Å². The standard InChI is InChI=1S/C15H20BrFN2O/c1-18-8-7-12-4-2-3-9-19(12)15(20)11-5-6-13(16)14(17)10-11/h5-6,10,12,18H,2-4,7-9H2,1H3. The topological polar surface area (TPSA) is 32.3 Å². The highest BCUT2D eigenvalue weighted by Gasteiger charge is 2.27. The van der Waals surface area contributed by atoms with E-state index in [2.05, 4.69) is 21.2 Å². The van der Waals surface area contributed by atoms with E-state index in [1.54, 1.807) is 12.1 Å². The van der Waals surface area contributed by atoms with E-state index >= 15 is 0 Å². The second-order valence-electron chi connectivity index (χ2n) is 5.17. The summed E-state index contributed by atoms with van der Waals surface area (Å²) in [4.78, 5) is 14.5. The smallest absolute Gasteiger partial charge is 0.254 e. The van der Waals surface area contributed by atoms with Crippen LogP contribution in [0.2, 0.25) is 0 Å². The Hall–Kier alpha value is -0.940. The van der Waals surface area contributed by atoms with E-state index < -0.39 is 0 Å². The lowest BCUT2D eigenvalue weighted by molar-refractivity contribution is 0.0602. The fourth-order valence-corrected chi connectivity index (χ4v) is 2.92. The van der Waals surface area contributed by atoms with Crippen molar-refractivity contribution in [1.29, 1.82) is 0 Å². The molecule has 3 nitrogen and oxygen atoms in total. The zero-order chi connectivity index (χ0) is 14.5. The summed E-state index contributed by atoms with van der Waals surface area (Å²) < 4.78 is 14.0. The Labute approximate surface area is 127 Å². The molecule has 1 aliphatic heterocycles. The minimum absolute atomic E-state index is 0.0581. The number of benzene rings is 1. The molecule has 110 valence electrons. The first-order chi connectivity index (χ1) is 9.63. The highest BCUT2D eigenvalue weighted by molar-refractivity contribution is 9.10. The van der Waals surface area contributed by atoms with Gasteiger partial charge in [-0.05, 0) is 73.4 Å². The molecule has 2 rings (SSSR count). The molecule has 1 heterocycles.